The number of aromatic nitrogens is 1. The molecule has 104 valence electrons. The van der Waals surface area contributed by atoms with E-state index in [1.54, 1.807) is 12.3 Å². The number of carbonyl (C=O) groups excluding carboxylic acids is 1. The molecule has 1 fully saturated rings. The SMILES string of the molecule is COC(=O)c1cc(N)cnc1N1CCC(N(C)C)C1. The predicted molar refractivity (Wildman–Crippen MR) is 74.3 cm³/mol. The third-order valence-electron chi connectivity index (χ3n) is 3.49. The number of nitrogens with zero attached hydrogens (tertiary/aromatic N) is 3. The third-order valence-corrected chi connectivity index (χ3v) is 3.49. The monoisotopic (exact) mass is 264 g/mol. The van der Waals surface area contributed by atoms with Gasteiger partial charge in [0.1, 0.15) is 11.4 Å². The number of ether oxygens (including phenoxy) is 1. The average molecular weight is 264 g/mol. The summed E-state index contributed by atoms with van der Waals surface area (Å²) in [6, 6.07) is 2.10. The van der Waals surface area contributed by atoms with E-state index in [1.807, 2.05) is 0 Å². The molecule has 0 spiro atoms. The Morgan fingerprint density at radius 2 is 2.32 bits per heavy atom. The summed E-state index contributed by atoms with van der Waals surface area (Å²) in [5.41, 5.74) is 6.59. The lowest BCUT2D eigenvalue weighted by molar-refractivity contribution is 0.0601. The van der Waals surface area contributed by atoms with E-state index < -0.39 is 5.97 Å². The van der Waals surface area contributed by atoms with Crippen molar-refractivity contribution in [2.24, 2.45) is 0 Å². The van der Waals surface area contributed by atoms with Crippen LogP contribution in [-0.2, 0) is 4.74 Å². The number of hydrogen-bond donors (Lipinski definition) is 1. The standard InChI is InChI=1S/C13H20N4O2/c1-16(2)10-4-5-17(8-10)12-11(13(18)19-3)6-9(14)7-15-12/h6-7,10H,4-5,8,14H2,1-3H3. The second-order valence-electron chi connectivity index (χ2n) is 4.98. The average Bonchev–Trinajstić information content (AvgIpc) is 2.87. The molecule has 0 aliphatic carbocycles. The highest BCUT2D eigenvalue weighted by Gasteiger charge is 2.28. The van der Waals surface area contributed by atoms with Crippen LogP contribution in [0.5, 0.6) is 0 Å². The molecule has 1 atom stereocenters. The van der Waals surface area contributed by atoms with Crippen LogP contribution in [0.4, 0.5) is 11.5 Å². The van der Waals surface area contributed by atoms with Gasteiger partial charge in [0.15, 0.2) is 0 Å². The Morgan fingerprint density at radius 3 is 2.89 bits per heavy atom. The number of carbonyl (C=O) groups is 1. The zero-order valence-electron chi connectivity index (χ0n) is 11.6. The lowest BCUT2D eigenvalue weighted by Gasteiger charge is -2.22. The lowest BCUT2D eigenvalue weighted by Crippen LogP contribution is -2.32. The summed E-state index contributed by atoms with van der Waals surface area (Å²) in [7, 11) is 5.49. The Labute approximate surface area is 113 Å². The number of nitrogens with two attached hydrogens (primary N) is 1. The minimum absolute atomic E-state index is 0.400. The van der Waals surface area contributed by atoms with Gasteiger partial charge in [0.05, 0.1) is 19.0 Å². The van der Waals surface area contributed by atoms with E-state index in [0.29, 0.717) is 23.1 Å². The summed E-state index contributed by atoms with van der Waals surface area (Å²) >= 11 is 0. The van der Waals surface area contributed by atoms with Crippen LogP contribution < -0.4 is 10.6 Å². The maximum atomic E-state index is 11.8. The molecule has 1 unspecified atom stereocenters. The highest BCUT2D eigenvalue weighted by Crippen LogP contribution is 2.25. The van der Waals surface area contributed by atoms with Crippen molar-refractivity contribution in [2.45, 2.75) is 12.5 Å². The second kappa shape index (κ2) is 5.44. The van der Waals surface area contributed by atoms with Crippen LogP contribution in [0, 0.1) is 0 Å². The van der Waals surface area contributed by atoms with Gasteiger partial charge in [-0.15, -0.1) is 0 Å². The topological polar surface area (TPSA) is 71.7 Å². The van der Waals surface area contributed by atoms with E-state index in [2.05, 4.69) is 28.9 Å². The van der Waals surface area contributed by atoms with Crippen molar-refractivity contribution in [2.75, 3.05) is 44.9 Å². The first-order chi connectivity index (χ1) is 9.02. The molecule has 1 aliphatic rings. The van der Waals surface area contributed by atoms with Crippen LogP contribution in [0.2, 0.25) is 0 Å². The smallest absolute Gasteiger partial charge is 0.341 e. The highest BCUT2D eigenvalue weighted by atomic mass is 16.5. The molecule has 1 aliphatic heterocycles. The maximum absolute atomic E-state index is 11.8. The number of pyridine rings is 1. The van der Waals surface area contributed by atoms with Gasteiger partial charge in [-0.25, -0.2) is 9.78 Å². The zero-order valence-corrected chi connectivity index (χ0v) is 11.6. The molecule has 6 nitrogen and oxygen atoms in total. The Morgan fingerprint density at radius 1 is 1.58 bits per heavy atom. The van der Waals surface area contributed by atoms with Gasteiger partial charge >= 0.3 is 5.97 Å². The maximum Gasteiger partial charge on any atom is 0.341 e. The van der Waals surface area contributed by atoms with Crippen molar-refractivity contribution < 1.29 is 9.53 Å². The number of rotatable bonds is 3. The Bertz CT molecular complexity index is 476. The first-order valence-corrected chi connectivity index (χ1v) is 6.28. The molecule has 0 saturated carbocycles. The quantitative estimate of drug-likeness (QED) is 0.806. The zero-order chi connectivity index (χ0) is 14.0. The summed E-state index contributed by atoms with van der Waals surface area (Å²) in [5.74, 6) is 0.258. The molecular formula is C13H20N4O2. The van der Waals surface area contributed by atoms with Gasteiger partial charge in [0.25, 0.3) is 0 Å². The second-order valence-corrected chi connectivity index (χ2v) is 4.98. The predicted octanol–water partition coefficient (Wildman–Crippen LogP) is 0.591. The van der Waals surface area contributed by atoms with E-state index >= 15 is 0 Å². The van der Waals surface area contributed by atoms with Crippen LogP contribution in [0.25, 0.3) is 0 Å². The fraction of sp³-hybridized carbons (Fsp3) is 0.538. The molecule has 19 heavy (non-hydrogen) atoms. The molecule has 0 amide bonds. The van der Waals surface area contributed by atoms with E-state index in [9.17, 15) is 4.79 Å². The Balaban J connectivity index is 2.28. The largest absolute Gasteiger partial charge is 0.465 e. The fourth-order valence-corrected chi connectivity index (χ4v) is 2.34. The number of likely N-dealkylation sites (N-methyl/N-ethyl adjacent to an activating group) is 1. The molecule has 2 N–H and O–H groups in total. The molecule has 6 heteroatoms. The molecule has 0 bridgehead atoms. The number of methoxy groups -OCH3 is 1. The van der Waals surface area contributed by atoms with Crippen LogP contribution in [-0.4, -0.2) is 56.2 Å². The van der Waals surface area contributed by atoms with Gasteiger partial charge < -0.3 is 20.3 Å². The highest BCUT2D eigenvalue weighted by molar-refractivity contribution is 5.95. The van der Waals surface area contributed by atoms with Gasteiger partial charge in [0.2, 0.25) is 0 Å². The summed E-state index contributed by atoms with van der Waals surface area (Å²) in [5, 5.41) is 0. The lowest BCUT2D eigenvalue weighted by atomic mass is 10.2. The molecular weight excluding hydrogens is 244 g/mol. The van der Waals surface area contributed by atoms with Gasteiger partial charge in [0, 0.05) is 19.1 Å². The molecule has 2 heterocycles. The van der Waals surface area contributed by atoms with Crippen LogP contribution in [0.3, 0.4) is 0 Å². The minimum Gasteiger partial charge on any atom is -0.465 e. The van der Waals surface area contributed by atoms with E-state index in [4.69, 9.17) is 10.5 Å². The van der Waals surface area contributed by atoms with Crippen molar-refractivity contribution in [1.82, 2.24) is 9.88 Å². The summed E-state index contributed by atoms with van der Waals surface area (Å²) in [6.07, 6.45) is 2.63. The first-order valence-electron chi connectivity index (χ1n) is 6.28. The van der Waals surface area contributed by atoms with Gasteiger partial charge in [-0.1, -0.05) is 0 Å². The summed E-state index contributed by atoms with van der Waals surface area (Å²) in [6.45, 7) is 1.73. The Hall–Kier alpha value is -1.82. The van der Waals surface area contributed by atoms with Crippen molar-refractivity contribution in [3.8, 4) is 0 Å². The number of nitrogen functional groups attached to an aromatic ring is 1. The van der Waals surface area contributed by atoms with Crippen molar-refractivity contribution >= 4 is 17.5 Å². The number of anilines is 2. The normalized spacial score (nSPS) is 18.9. The molecule has 0 aromatic carbocycles. The molecule has 0 radical (unpaired) electrons. The Kier molecular flexibility index (Phi) is 3.90. The minimum atomic E-state index is -0.400. The van der Waals surface area contributed by atoms with Crippen LogP contribution >= 0.6 is 0 Å². The first kappa shape index (κ1) is 13.6. The summed E-state index contributed by atoms with van der Waals surface area (Å²) in [4.78, 5) is 20.4. The van der Waals surface area contributed by atoms with Crippen LogP contribution in [0.1, 0.15) is 16.8 Å². The van der Waals surface area contributed by atoms with Crippen molar-refractivity contribution in [3.05, 3.63) is 17.8 Å². The summed E-state index contributed by atoms with van der Waals surface area (Å²) < 4.78 is 4.79. The van der Waals surface area contributed by atoms with Crippen molar-refractivity contribution in [3.63, 3.8) is 0 Å². The van der Waals surface area contributed by atoms with E-state index in [1.165, 1.54) is 7.11 Å². The molecule has 2 rings (SSSR count). The molecule has 1 aromatic rings. The fourth-order valence-electron chi connectivity index (χ4n) is 2.34. The van der Waals surface area contributed by atoms with Gasteiger partial charge in [-0.2, -0.15) is 0 Å². The van der Waals surface area contributed by atoms with E-state index in [-0.39, 0.29) is 0 Å². The van der Waals surface area contributed by atoms with Crippen LogP contribution in [0.15, 0.2) is 12.3 Å². The third kappa shape index (κ3) is 2.78. The molecule has 1 saturated heterocycles. The van der Waals surface area contributed by atoms with Crippen molar-refractivity contribution in [1.29, 1.82) is 0 Å². The number of hydrogen-bond acceptors (Lipinski definition) is 6. The number of esters is 1. The molecule has 1 aromatic heterocycles. The van der Waals surface area contributed by atoms with Gasteiger partial charge in [-0.05, 0) is 26.6 Å². The van der Waals surface area contributed by atoms with E-state index in [0.717, 1.165) is 19.5 Å². The van der Waals surface area contributed by atoms with Gasteiger partial charge in [-0.3, -0.25) is 0 Å².